The molecule has 90 heavy (non-hydrogen) atoms. The van der Waals surface area contributed by atoms with Crippen molar-refractivity contribution in [1.82, 2.24) is 0 Å². The quantitative estimate of drug-likeness (QED) is 0.0702. The zero-order valence-corrected chi connectivity index (χ0v) is 55.7. The van der Waals surface area contributed by atoms with Crippen molar-refractivity contribution in [3.05, 3.63) is 70.5 Å². The summed E-state index contributed by atoms with van der Waals surface area (Å²) < 4.78 is 66.2. The topological polar surface area (TPSA) is 342 Å². The van der Waals surface area contributed by atoms with Gasteiger partial charge in [-0.2, -0.15) is 0 Å². The largest absolute Gasteiger partial charge is 0.487 e. The fraction of sp³-hybridized carbons (Fsp3) is 0.609. The molecule has 6 unspecified atom stereocenters. The second-order valence-corrected chi connectivity index (χ2v) is 21.9. The molecular formula is C64H90O26. The van der Waals surface area contributed by atoms with Crippen LogP contribution in [0.4, 0.5) is 0 Å². The van der Waals surface area contributed by atoms with Gasteiger partial charge in [0.25, 0.3) is 0 Å². The second kappa shape index (κ2) is 35.1. The molecule has 0 bridgehead atoms. The molecule has 0 aromatic carbocycles. The molecule has 0 saturated carbocycles. The highest BCUT2D eigenvalue weighted by atomic mass is 16.8. The average molecular weight is 1280 g/mol. The smallest absolute Gasteiger partial charge is 0.392 e. The van der Waals surface area contributed by atoms with E-state index in [-0.39, 0.29) is 120 Å². The summed E-state index contributed by atoms with van der Waals surface area (Å²) in [5.41, 5.74) is 0.712. The van der Waals surface area contributed by atoms with Crippen LogP contribution in [0.1, 0.15) is 190 Å². The number of carbonyl (C=O) groups is 13. The molecule has 6 rings (SSSR count). The van der Waals surface area contributed by atoms with Gasteiger partial charge in [-0.3, -0.25) is 28.8 Å². The van der Waals surface area contributed by atoms with Gasteiger partial charge in [-0.15, -0.1) is 0 Å². The summed E-state index contributed by atoms with van der Waals surface area (Å²) in [5, 5.41) is 0. The maximum atomic E-state index is 11.8. The van der Waals surface area contributed by atoms with Crippen molar-refractivity contribution in [2.75, 3.05) is 13.2 Å². The number of allylic oxidation sites excluding steroid dienone is 6. The lowest BCUT2D eigenvalue weighted by atomic mass is 9.99. The van der Waals surface area contributed by atoms with E-state index in [4.69, 9.17) is 61.6 Å². The van der Waals surface area contributed by atoms with Crippen LogP contribution in [0.15, 0.2) is 70.5 Å². The summed E-state index contributed by atoms with van der Waals surface area (Å²) in [6.45, 7) is 35.6. The molecule has 6 saturated heterocycles. The SMILES string of the molecule is C/C=C1\OC(C)CC1=O.C/C=C1\OC(CC)(C(C)=O)OC1=O.C/C=C1\OC(CCC(C)=O)(C(=O)OCC)OC1=O.CC(=O)C1(C(C)C)OC(=O)C(=C(C)C)O1.CC(=O)C1(CC(C)C)OC(=O)/C(=C/C(C)C)O1.CCOC(=O)C/C=C1\OC(CC)(C(C)=O)OC1=O. The number of esters is 7. The van der Waals surface area contributed by atoms with Crippen molar-refractivity contribution in [2.45, 2.75) is 225 Å². The Bertz CT molecular complexity index is 2910. The van der Waals surface area contributed by atoms with Gasteiger partial charge in [0.15, 0.2) is 5.76 Å². The molecule has 26 nitrogen and oxygen atoms in total. The van der Waals surface area contributed by atoms with Crippen LogP contribution >= 0.6 is 0 Å². The number of ketones is 6. The number of cyclic esters (lactones) is 5. The van der Waals surface area contributed by atoms with E-state index in [9.17, 15) is 62.3 Å². The van der Waals surface area contributed by atoms with E-state index in [1.165, 1.54) is 52.8 Å². The normalized spacial score (nSPS) is 26.5. The van der Waals surface area contributed by atoms with E-state index in [0.29, 0.717) is 30.6 Å². The average Bonchev–Trinajstić information content (AvgIpc) is 1.83. The number of Topliss-reactive ketones (excluding diaryl/α,β-unsaturated/α-hetero) is 6. The molecular weight excluding hydrogens is 1180 g/mol. The Morgan fingerprint density at radius 1 is 0.522 bits per heavy atom. The predicted octanol–water partition coefficient (Wildman–Crippen LogP) is 8.84. The molecule has 6 aliphatic rings. The molecule has 0 spiro atoms. The predicted molar refractivity (Wildman–Crippen MR) is 316 cm³/mol. The van der Waals surface area contributed by atoms with Crippen LogP contribution < -0.4 is 0 Å². The molecule has 0 N–H and O–H groups in total. The van der Waals surface area contributed by atoms with Gasteiger partial charge in [0, 0.05) is 65.7 Å². The van der Waals surface area contributed by atoms with Gasteiger partial charge in [-0.1, -0.05) is 55.4 Å². The Hall–Kier alpha value is -8.45. The first-order valence-electron chi connectivity index (χ1n) is 29.5. The molecule has 6 aliphatic heterocycles. The summed E-state index contributed by atoms with van der Waals surface area (Å²) in [5.74, 6) is -12.3. The van der Waals surface area contributed by atoms with Crippen LogP contribution in [-0.2, 0) is 124 Å². The Morgan fingerprint density at radius 3 is 1.28 bits per heavy atom. The standard InChI is InChI=1S/C13H20O4.2C12H16O6.C11H16O4.C9H12O4.C7H10O2/c1-8(2)6-11-12(15)17-13(16-11,10(5)14)7-9(3)4;1-4-12(8(3)13)17-9(11(15)18-12)6-7-10(14)16-5-2;1-4-9-10(14)18-12(17-9,7-6-8(3)13)11(15)16-5-2;1-6(2)9-10(13)15-11(14-9,7(3)4)8(5)12;1-4-7-8(11)13-9(5-2,12-7)6(3)10;1-3-7-6(8)4-5(2)9-7/h6,8-9H,7H2,1-5H3;6H,4-5,7H2,1-3H3;4H,5-7H2,1-3H3;7H,1-5H3;4H,5H2,1-3H3;3,5H,4H2,1-2H3/b11-6-;9-6-;9-4-;;7-4-;7-3-. The third-order valence-electron chi connectivity index (χ3n) is 13.0. The van der Waals surface area contributed by atoms with Gasteiger partial charge in [0.2, 0.25) is 57.7 Å². The molecule has 502 valence electrons. The highest BCUT2D eigenvalue weighted by Gasteiger charge is 2.55. The molecule has 0 radical (unpaired) electrons. The summed E-state index contributed by atoms with van der Waals surface area (Å²) in [6, 6.07) is 0. The molecule has 0 aromatic rings. The van der Waals surface area contributed by atoms with Gasteiger partial charge in [-0.05, 0) is 110 Å². The lowest BCUT2D eigenvalue weighted by Gasteiger charge is -2.26. The summed E-state index contributed by atoms with van der Waals surface area (Å²) in [6.07, 6.45) is 8.99. The maximum Gasteiger partial charge on any atom is 0.392 e. The Labute approximate surface area is 525 Å². The van der Waals surface area contributed by atoms with Gasteiger partial charge >= 0.3 is 70.7 Å². The Balaban J connectivity index is 0.000000546. The lowest BCUT2D eigenvalue weighted by Crippen LogP contribution is -2.43. The van der Waals surface area contributed by atoms with Gasteiger partial charge in [0.05, 0.1) is 26.1 Å². The number of rotatable bonds is 18. The molecule has 6 atom stereocenters. The van der Waals surface area contributed by atoms with Crippen LogP contribution in [-0.4, -0.2) is 125 Å². The van der Waals surface area contributed by atoms with Gasteiger partial charge in [-0.25, -0.2) is 28.8 Å². The number of hydrogen-bond donors (Lipinski definition) is 0. The Kier molecular flexibility index (Phi) is 31.0. The zero-order chi connectivity index (χ0) is 69.4. The van der Waals surface area contributed by atoms with Crippen molar-refractivity contribution < 1.29 is 124 Å². The van der Waals surface area contributed by atoms with Crippen LogP contribution in [0.3, 0.4) is 0 Å². The number of carbonyl (C=O) groups excluding carboxylic acids is 13. The van der Waals surface area contributed by atoms with Crippen molar-refractivity contribution >= 4 is 76.5 Å². The van der Waals surface area contributed by atoms with Crippen LogP contribution in [0, 0.1) is 17.8 Å². The molecule has 0 aliphatic carbocycles. The molecule has 0 amide bonds. The van der Waals surface area contributed by atoms with Crippen LogP contribution in [0.2, 0.25) is 0 Å². The summed E-state index contributed by atoms with van der Waals surface area (Å²) >= 11 is 0. The second-order valence-electron chi connectivity index (χ2n) is 21.9. The van der Waals surface area contributed by atoms with Gasteiger partial charge < -0.3 is 66.4 Å². The maximum absolute atomic E-state index is 11.8. The molecule has 6 heterocycles. The van der Waals surface area contributed by atoms with Crippen molar-refractivity contribution in [3.8, 4) is 0 Å². The van der Waals surface area contributed by atoms with E-state index in [1.54, 1.807) is 81.4 Å². The lowest BCUT2D eigenvalue weighted by molar-refractivity contribution is -0.207. The third-order valence-corrected chi connectivity index (χ3v) is 13.0. The summed E-state index contributed by atoms with van der Waals surface area (Å²) in [7, 11) is 0. The van der Waals surface area contributed by atoms with E-state index in [2.05, 4.69) is 0 Å². The fourth-order valence-electron chi connectivity index (χ4n) is 8.30. The van der Waals surface area contributed by atoms with Crippen LogP contribution in [0.5, 0.6) is 0 Å². The Morgan fingerprint density at radius 2 is 0.956 bits per heavy atom. The molecule has 6 fully saturated rings. The van der Waals surface area contributed by atoms with Crippen molar-refractivity contribution in [2.24, 2.45) is 17.8 Å². The minimum Gasteiger partial charge on any atom is -0.487 e. The highest BCUT2D eigenvalue weighted by molar-refractivity contribution is 5.98. The number of hydrogen-bond acceptors (Lipinski definition) is 26. The van der Waals surface area contributed by atoms with E-state index < -0.39 is 76.5 Å². The van der Waals surface area contributed by atoms with E-state index in [0.717, 1.165) is 0 Å². The minimum absolute atomic E-state index is 0.0494. The fourth-order valence-corrected chi connectivity index (χ4v) is 8.30. The number of ether oxygens (including phenoxy) is 13. The first-order valence-corrected chi connectivity index (χ1v) is 29.5. The summed E-state index contributed by atoms with van der Waals surface area (Å²) in [4.78, 5) is 148. The van der Waals surface area contributed by atoms with E-state index in [1.807, 2.05) is 41.5 Å². The molecule has 0 aromatic heterocycles. The van der Waals surface area contributed by atoms with E-state index >= 15 is 0 Å². The monoisotopic (exact) mass is 1270 g/mol. The molecule has 26 heteroatoms. The third kappa shape index (κ3) is 21.4. The van der Waals surface area contributed by atoms with Gasteiger partial charge in [0.1, 0.15) is 11.9 Å². The zero-order valence-electron chi connectivity index (χ0n) is 55.7. The van der Waals surface area contributed by atoms with Crippen molar-refractivity contribution in [1.29, 1.82) is 0 Å². The van der Waals surface area contributed by atoms with Crippen molar-refractivity contribution in [3.63, 3.8) is 0 Å². The van der Waals surface area contributed by atoms with Crippen LogP contribution in [0.25, 0.3) is 0 Å². The first-order chi connectivity index (χ1) is 41.8. The highest BCUT2D eigenvalue weighted by Crippen LogP contribution is 2.38. The first kappa shape index (κ1) is 79.6. The minimum atomic E-state index is -1.82.